The van der Waals surface area contributed by atoms with Gasteiger partial charge in [-0.3, -0.25) is 4.79 Å². The average molecular weight is 277 g/mol. The molecule has 1 N–H and O–H groups in total. The van der Waals surface area contributed by atoms with Gasteiger partial charge in [-0.15, -0.1) is 0 Å². The molecule has 0 aliphatic heterocycles. The first-order valence-corrected chi connectivity index (χ1v) is 6.87. The maximum absolute atomic E-state index is 11.9. The van der Waals surface area contributed by atoms with Crippen molar-refractivity contribution in [3.63, 3.8) is 0 Å². The Bertz CT molecular complexity index is 326. The highest BCUT2D eigenvalue weighted by atomic mass is 28.1. The Kier molecular flexibility index (Phi) is 8.00. The summed E-state index contributed by atoms with van der Waals surface area (Å²) in [7, 11) is 4.68. The molecular weight excluding hydrogens is 258 g/mol. The zero-order valence-electron chi connectivity index (χ0n) is 11.1. The molecule has 0 aromatic carbocycles. The van der Waals surface area contributed by atoms with E-state index < -0.39 is 11.9 Å². The van der Waals surface area contributed by atoms with Crippen molar-refractivity contribution in [2.45, 2.75) is 18.9 Å². The highest BCUT2D eigenvalue weighted by Crippen LogP contribution is 2.16. The van der Waals surface area contributed by atoms with Gasteiger partial charge in [0.05, 0.1) is 26.9 Å². The van der Waals surface area contributed by atoms with E-state index in [1.165, 1.54) is 21.3 Å². The first kappa shape index (κ1) is 16.6. The fourth-order valence-electron chi connectivity index (χ4n) is 1.33. The second-order valence-electron chi connectivity index (χ2n) is 3.35. The molecule has 0 unspecified atom stereocenters. The van der Waals surface area contributed by atoms with Gasteiger partial charge in [-0.05, 0) is 6.42 Å². The lowest BCUT2D eigenvalue weighted by Gasteiger charge is -2.18. The number of hydrogen-bond donors (Lipinski definition) is 1. The van der Waals surface area contributed by atoms with Crippen LogP contribution in [0.5, 0.6) is 0 Å². The minimum atomic E-state index is -1.18. The molecule has 18 heavy (non-hydrogen) atoms. The van der Waals surface area contributed by atoms with Crippen molar-refractivity contribution >= 4 is 22.1 Å². The first-order valence-electron chi connectivity index (χ1n) is 5.46. The molecule has 0 aromatic rings. The minimum absolute atomic E-state index is 0.0718. The summed E-state index contributed by atoms with van der Waals surface area (Å²) >= 11 is 0. The highest BCUT2D eigenvalue weighted by Gasteiger charge is 2.26. The maximum atomic E-state index is 11.9. The molecule has 0 aliphatic rings. The third kappa shape index (κ3) is 4.47. The number of hydroxylamine groups is 2. The molecule has 104 valence electrons. The molecule has 0 radical (unpaired) electrons. The van der Waals surface area contributed by atoms with E-state index in [0.29, 0.717) is 11.6 Å². The fraction of sp³-hybridized carbons (Fsp3) is 0.600. The molecule has 0 saturated carbocycles. The summed E-state index contributed by atoms with van der Waals surface area (Å²) in [5, 5.41) is 9.66. The highest BCUT2D eigenvalue weighted by molar-refractivity contribution is 6.08. The predicted molar refractivity (Wildman–Crippen MR) is 66.5 cm³/mol. The Morgan fingerprint density at radius 2 is 1.78 bits per heavy atom. The molecule has 0 aliphatic carbocycles. The van der Waals surface area contributed by atoms with Gasteiger partial charge in [0, 0.05) is 10.2 Å². The van der Waals surface area contributed by atoms with Gasteiger partial charge in [-0.2, -0.15) is 0 Å². The zero-order chi connectivity index (χ0) is 14.1. The van der Waals surface area contributed by atoms with E-state index in [1.54, 1.807) is 0 Å². The second-order valence-corrected chi connectivity index (χ2v) is 4.35. The quantitative estimate of drug-likeness (QED) is 0.278. The molecule has 0 atom stereocenters. The predicted octanol–water partition coefficient (Wildman–Crippen LogP) is -0.513. The van der Waals surface area contributed by atoms with Crippen LogP contribution in [0.3, 0.4) is 0 Å². The molecule has 8 heteroatoms. The molecule has 0 bridgehead atoms. The molecular formula is C10H19NO6Si. The van der Waals surface area contributed by atoms with Crippen molar-refractivity contribution in [1.82, 2.24) is 5.23 Å². The summed E-state index contributed by atoms with van der Waals surface area (Å²) in [6, 6.07) is 0.945. The van der Waals surface area contributed by atoms with Crippen LogP contribution >= 0.6 is 0 Å². The van der Waals surface area contributed by atoms with Crippen molar-refractivity contribution in [3.8, 4) is 0 Å². The first-order chi connectivity index (χ1) is 8.53. The molecule has 0 rings (SSSR count). The van der Waals surface area contributed by atoms with E-state index in [9.17, 15) is 9.59 Å². The largest absolute Gasteiger partial charge is 0.491 e. The van der Waals surface area contributed by atoms with Crippen LogP contribution in [0.15, 0.2) is 11.3 Å². The van der Waals surface area contributed by atoms with Gasteiger partial charge in [0.2, 0.25) is 0 Å². The Balaban J connectivity index is 5.28. The molecule has 7 nitrogen and oxygen atoms in total. The molecule has 0 spiro atoms. The lowest BCUT2D eigenvalue weighted by Crippen LogP contribution is -2.32. The Hall–Kier alpha value is -1.38. The van der Waals surface area contributed by atoms with Crippen LogP contribution in [0.2, 0.25) is 6.04 Å². The van der Waals surface area contributed by atoms with Gasteiger partial charge in [0.1, 0.15) is 0 Å². The lowest BCUT2D eigenvalue weighted by atomic mass is 10.1. The lowest BCUT2D eigenvalue weighted by molar-refractivity contribution is -0.316. The van der Waals surface area contributed by atoms with Gasteiger partial charge in [0.25, 0.3) is 0 Å². The van der Waals surface area contributed by atoms with Crippen LogP contribution in [0.4, 0.5) is 0 Å². The van der Waals surface area contributed by atoms with Crippen molar-refractivity contribution in [3.05, 3.63) is 11.3 Å². The van der Waals surface area contributed by atoms with Crippen LogP contribution < -0.4 is 0 Å². The number of amides is 1. The summed E-state index contributed by atoms with van der Waals surface area (Å²) in [6.07, 6.45) is 0.975. The van der Waals surface area contributed by atoms with Crippen LogP contribution in [0.25, 0.3) is 0 Å². The van der Waals surface area contributed by atoms with Gasteiger partial charge < -0.3 is 9.84 Å². The molecule has 1 amide bonds. The number of carboxylic acid groups (broad SMARTS) is 1. The van der Waals surface area contributed by atoms with Crippen molar-refractivity contribution in [2.75, 3.05) is 21.3 Å². The van der Waals surface area contributed by atoms with E-state index in [4.69, 9.17) is 9.84 Å². The van der Waals surface area contributed by atoms with E-state index in [-0.39, 0.29) is 17.8 Å². The smallest absolute Gasteiger partial charge is 0.338 e. The average Bonchev–Trinajstić information content (AvgIpc) is 2.35. The molecule has 0 fully saturated rings. The molecule has 0 saturated heterocycles. The zero-order valence-corrected chi connectivity index (χ0v) is 13.1. The van der Waals surface area contributed by atoms with Gasteiger partial charge in [-0.1, -0.05) is 17.7 Å². The number of nitrogens with zero attached hydrogens (tertiary/aromatic N) is 1. The van der Waals surface area contributed by atoms with Gasteiger partial charge in [0.15, 0.2) is 5.76 Å². The standard InChI is InChI=1S/C10H19NO6Si/c1-15-8(9(12)11(16-2)17-3)7(10(13)14)5-4-6-18/h4-6H2,1-3,18H3,(H,13,14)/b8-7+. The summed E-state index contributed by atoms with van der Waals surface area (Å²) in [6.45, 7) is 0. The number of carbonyl (C=O) groups is 2. The molecule has 0 heterocycles. The minimum Gasteiger partial charge on any atom is -0.491 e. The summed E-state index contributed by atoms with van der Waals surface area (Å²) in [4.78, 5) is 32.3. The number of carboxylic acids is 1. The van der Waals surface area contributed by atoms with Crippen molar-refractivity contribution < 1.29 is 29.1 Å². The SMILES string of the molecule is CO/C(C(=O)N(OC)OC)=C(\CCC[SiH3])C(=O)O. The fourth-order valence-corrected chi connectivity index (χ4v) is 1.69. The summed E-state index contributed by atoms with van der Waals surface area (Å²) < 4.78 is 4.88. The summed E-state index contributed by atoms with van der Waals surface area (Å²) in [5.74, 6) is -2.24. The third-order valence-electron chi connectivity index (χ3n) is 2.21. The number of rotatable bonds is 8. The van der Waals surface area contributed by atoms with Crippen LogP contribution in [0.1, 0.15) is 12.8 Å². The topological polar surface area (TPSA) is 85.3 Å². The Morgan fingerprint density at radius 1 is 1.22 bits per heavy atom. The Labute approximate surface area is 109 Å². The van der Waals surface area contributed by atoms with E-state index in [2.05, 4.69) is 9.68 Å². The van der Waals surface area contributed by atoms with E-state index in [0.717, 1.165) is 16.3 Å². The van der Waals surface area contributed by atoms with E-state index in [1.807, 2.05) is 0 Å². The Morgan fingerprint density at radius 3 is 2.11 bits per heavy atom. The molecule has 0 aromatic heterocycles. The number of aliphatic carboxylic acids is 1. The van der Waals surface area contributed by atoms with Crippen LogP contribution in [0, 0.1) is 0 Å². The van der Waals surface area contributed by atoms with Crippen LogP contribution in [-0.2, 0) is 24.0 Å². The van der Waals surface area contributed by atoms with Crippen molar-refractivity contribution in [2.24, 2.45) is 0 Å². The van der Waals surface area contributed by atoms with Crippen LogP contribution in [-0.4, -0.2) is 53.8 Å². The number of hydrogen-bond acceptors (Lipinski definition) is 5. The van der Waals surface area contributed by atoms with Crippen molar-refractivity contribution in [1.29, 1.82) is 0 Å². The number of methoxy groups -OCH3 is 1. The number of carbonyl (C=O) groups excluding carboxylic acids is 1. The summed E-state index contributed by atoms with van der Waals surface area (Å²) in [5.41, 5.74) is -0.0718. The van der Waals surface area contributed by atoms with Gasteiger partial charge >= 0.3 is 11.9 Å². The second kappa shape index (κ2) is 8.67. The normalized spacial score (nSPS) is 11.9. The van der Waals surface area contributed by atoms with Gasteiger partial charge in [-0.25, -0.2) is 14.5 Å². The monoisotopic (exact) mass is 277 g/mol. The van der Waals surface area contributed by atoms with E-state index >= 15 is 0 Å². The maximum Gasteiger partial charge on any atom is 0.338 e. The third-order valence-corrected chi connectivity index (χ3v) is 2.92. The number of ether oxygens (including phenoxy) is 1.